The summed E-state index contributed by atoms with van der Waals surface area (Å²) in [6.07, 6.45) is 8.48. The highest BCUT2D eigenvalue weighted by atomic mass is 16.6. The maximum Gasteiger partial charge on any atom is 0.412 e. The fraction of sp³-hybridized carbons (Fsp3) is 0.367. The van der Waals surface area contributed by atoms with Gasteiger partial charge in [-0.2, -0.15) is 5.26 Å². The molecule has 2 aliphatic rings. The van der Waals surface area contributed by atoms with E-state index in [9.17, 15) is 10.1 Å². The van der Waals surface area contributed by atoms with Crippen molar-refractivity contribution in [3.05, 3.63) is 77.9 Å². The van der Waals surface area contributed by atoms with E-state index in [0.717, 1.165) is 47.4 Å². The first-order chi connectivity index (χ1) is 17.8. The monoisotopic (exact) mass is 496 g/mol. The first kappa shape index (κ1) is 24.6. The van der Waals surface area contributed by atoms with Crippen molar-refractivity contribution in [1.29, 1.82) is 5.26 Å². The largest absolute Gasteiger partial charge is 0.492 e. The molecule has 0 radical (unpaired) electrons. The second-order valence-corrected chi connectivity index (χ2v) is 10.7. The molecule has 1 aromatic heterocycles. The van der Waals surface area contributed by atoms with Gasteiger partial charge in [-0.05, 0) is 92.1 Å². The van der Waals surface area contributed by atoms with E-state index < -0.39 is 11.7 Å². The number of rotatable bonds is 7. The van der Waals surface area contributed by atoms with Crippen LogP contribution in [0, 0.1) is 17.2 Å². The molecule has 5 rings (SSSR count). The summed E-state index contributed by atoms with van der Waals surface area (Å²) in [5, 5.41) is 13.0. The summed E-state index contributed by atoms with van der Waals surface area (Å²) in [6, 6.07) is 16.3. The van der Waals surface area contributed by atoms with Crippen LogP contribution in [0.25, 0.3) is 11.1 Å². The zero-order chi connectivity index (χ0) is 26.0. The lowest BCUT2D eigenvalue weighted by molar-refractivity contribution is 0.0636. The number of allylic oxidation sites excluding steroid dienone is 2. The molecule has 190 valence electrons. The highest BCUT2D eigenvalue weighted by Gasteiger charge is 2.40. The van der Waals surface area contributed by atoms with Gasteiger partial charge in [0.05, 0.1) is 18.4 Å². The average Bonchev–Trinajstić information content (AvgIpc) is 3.43. The number of fused-ring (bicyclic) bond motifs is 1. The second-order valence-electron chi connectivity index (χ2n) is 10.7. The number of nitriles is 1. The third kappa shape index (κ3) is 5.39. The van der Waals surface area contributed by atoms with Crippen LogP contribution in [0.1, 0.15) is 62.6 Å². The van der Waals surface area contributed by atoms with E-state index in [4.69, 9.17) is 9.47 Å². The summed E-state index contributed by atoms with van der Waals surface area (Å²) in [7, 11) is 0. The number of hydrogen-bond acceptors (Lipinski definition) is 5. The van der Waals surface area contributed by atoms with Crippen molar-refractivity contribution in [1.82, 2.24) is 9.55 Å². The van der Waals surface area contributed by atoms with Gasteiger partial charge in [0.15, 0.2) is 0 Å². The molecule has 1 saturated carbocycles. The third-order valence-corrected chi connectivity index (χ3v) is 6.96. The molecule has 1 fully saturated rings. The number of amides is 1. The van der Waals surface area contributed by atoms with Gasteiger partial charge in [-0.3, -0.25) is 5.32 Å². The number of aromatic nitrogens is 2. The maximum absolute atomic E-state index is 12.2. The van der Waals surface area contributed by atoms with E-state index >= 15 is 0 Å². The SMILES string of the molecule is CC(C)(C)OC(=O)Nc1ccc(C2=C(C#N)c3ccc(OCCn4ccnc4)cc3C2C2CCC2)cc1. The lowest BCUT2D eigenvalue weighted by atomic mass is 9.70. The molecule has 1 heterocycles. The van der Waals surface area contributed by atoms with Gasteiger partial charge in [-0.25, -0.2) is 9.78 Å². The molecule has 37 heavy (non-hydrogen) atoms. The quantitative estimate of drug-likeness (QED) is 0.396. The summed E-state index contributed by atoms with van der Waals surface area (Å²) in [5.74, 6) is 1.47. The molecule has 0 aliphatic heterocycles. The van der Waals surface area contributed by atoms with Gasteiger partial charge in [-0.15, -0.1) is 0 Å². The van der Waals surface area contributed by atoms with Crippen LogP contribution >= 0.6 is 0 Å². The van der Waals surface area contributed by atoms with Crippen LogP contribution in [0.15, 0.2) is 61.2 Å². The molecule has 0 bridgehead atoms. The first-order valence-electron chi connectivity index (χ1n) is 12.8. The van der Waals surface area contributed by atoms with Crippen LogP contribution in [0.5, 0.6) is 5.75 Å². The Morgan fingerprint density at radius 2 is 1.97 bits per heavy atom. The van der Waals surface area contributed by atoms with E-state index in [1.54, 1.807) is 12.5 Å². The standard InChI is InChI=1S/C30H32N4O3/c1-30(2,3)37-29(35)33-22-9-7-21(8-10-22)28-26(18-31)24-12-11-23(36-16-15-34-14-13-32-19-34)17-25(24)27(28)20-5-4-6-20/h7-14,17,19-20,27H,4-6,15-16H2,1-3H3,(H,33,35). The van der Waals surface area contributed by atoms with E-state index in [1.807, 2.05) is 67.9 Å². The number of ether oxygens (including phenoxy) is 2. The van der Waals surface area contributed by atoms with E-state index in [-0.39, 0.29) is 5.92 Å². The summed E-state index contributed by atoms with van der Waals surface area (Å²) < 4.78 is 13.4. The zero-order valence-corrected chi connectivity index (χ0v) is 21.5. The van der Waals surface area contributed by atoms with Crippen LogP contribution in [-0.2, 0) is 11.3 Å². The lowest BCUT2D eigenvalue weighted by Crippen LogP contribution is -2.27. The summed E-state index contributed by atoms with van der Waals surface area (Å²) in [5.41, 5.74) is 5.05. The van der Waals surface area contributed by atoms with Gasteiger partial charge < -0.3 is 14.0 Å². The Balaban J connectivity index is 1.39. The Kier molecular flexibility index (Phi) is 6.75. The number of nitrogens with zero attached hydrogens (tertiary/aromatic N) is 3. The first-order valence-corrected chi connectivity index (χ1v) is 12.8. The minimum atomic E-state index is -0.565. The molecule has 2 aliphatic carbocycles. The zero-order valence-electron chi connectivity index (χ0n) is 21.5. The van der Waals surface area contributed by atoms with Crippen LogP contribution in [0.3, 0.4) is 0 Å². The van der Waals surface area contributed by atoms with Crippen molar-refractivity contribution in [3.8, 4) is 11.8 Å². The number of anilines is 1. The van der Waals surface area contributed by atoms with E-state index in [0.29, 0.717) is 18.2 Å². The number of imidazole rings is 1. The fourth-order valence-electron chi connectivity index (χ4n) is 5.12. The minimum Gasteiger partial charge on any atom is -0.492 e. The predicted octanol–water partition coefficient (Wildman–Crippen LogP) is 6.64. The highest BCUT2D eigenvalue weighted by molar-refractivity contribution is 6.05. The fourth-order valence-corrected chi connectivity index (χ4v) is 5.12. The Labute approximate surface area is 217 Å². The van der Waals surface area contributed by atoms with Crippen molar-refractivity contribution in [2.24, 2.45) is 5.92 Å². The average molecular weight is 497 g/mol. The molecular formula is C30H32N4O3. The summed E-state index contributed by atoms with van der Waals surface area (Å²) in [4.78, 5) is 16.2. The predicted molar refractivity (Wildman–Crippen MR) is 143 cm³/mol. The van der Waals surface area contributed by atoms with Crippen LogP contribution < -0.4 is 10.1 Å². The number of nitrogens with one attached hydrogen (secondary N) is 1. The third-order valence-electron chi connectivity index (χ3n) is 6.96. The van der Waals surface area contributed by atoms with Crippen molar-refractivity contribution in [3.63, 3.8) is 0 Å². The molecule has 0 saturated heterocycles. The number of carbonyl (C=O) groups excluding carboxylic acids is 1. The van der Waals surface area contributed by atoms with Gasteiger partial charge in [0, 0.05) is 24.0 Å². The van der Waals surface area contributed by atoms with Crippen molar-refractivity contribution < 1.29 is 14.3 Å². The highest BCUT2D eigenvalue weighted by Crippen LogP contribution is 2.55. The van der Waals surface area contributed by atoms with Gasteiger partial charge in [0.1, 0.15) is 24.0 Å². The Morgan fingerprint density at radius 3 is 2.59 bits per heavy atom. The topological polar surface area (TPSA) is 89.2 Å². The molecule has 0 spiro atoms. The molecule has 2 aromatic carbocycles. The van der Waals surface area contributed by atoms with E-state index in [2.05, 4.69) is 22.4 Å². The van der Waals surface area contributed by atoms with Crippen molar-refractivity contribution in [2.75, 3.05) is 11.9 Å². The van der Waals surface area contributed by atoms with Gasteiger partial charge in [-0.1, -0.05) is 18.6 Å². The number of carbonyl (C=O) groups is 1. The van der Waals surface area contributed by atoms with Gasteiger partial charge >= 0.3 is 6.09 Å². The molecule has 1 unspecified atom stereocenters. The maximum atomic E-state index is 12.2. The normalized spacial score (nSPS) is 17.1. The molecule has 1 atom stereocenters. The molecule has 3 aromatic rings. The Hall–Kier alpha value is -4.05. The van der Waals surface area contributed by atoms with Gasteiger partial charge in [0.2, 0.25) is 0 Å². The second kappa shape index (κ2) is 10.1. The Bertz CT molecular complexity index is 1340. The van der Waals surface area contributed by atoms with Crippen LogP contribution in [0.2, 0.25) is 0 Å². The van der Waals surface area contributed by atoms with Crippen molar-refractivity contribution in [2.45, 2.75) is 58.1 Å². The smallest absolute Gasteiger partial charge is 0.412 e. The van der Waals surface area contributed by atoms with E-state index in [1.165, 1.54) is 12.0 Å². The van der Waals surface area contributed by atoms with Crippen molar-refractivity contribution >= 4 is 22.9 Å². The lowest BCUT2D eigenvalue weighted by Gasteiger charge is -2.34. The van der Waals surface area contributed by atoms with Crippen LogP contribution in [0.4, 0.5) is 10.5 Å². The van der Waals surface area contributed by atoms with Gasteiger partial charge in [0.25, 0.3) is 0 Å². The number of hydrogen-bond donors (Lipinski definition) is 1. The Morgan fingerprint density at radius 1 is 1.19 bits per heavy atom. The molecule has 1 amide bonds. The summed E-state index contributed by atoms with van der Waals surface area (Å²) >= 11 is 0. The van der Waals surface area contributed by atoms with Crippen LogP contribution in [-0.4, -0.2) is 27.9 Å². The minimum absolute atomic E-state index is 0.153. The molecular weight excluding hydrogens is 464 g/mol. The molecule has 7 heteroatoms. The molecule has 1 N–H and O–H groups in total. The summed E-state index contributed by atoms with van der Waals surface area (Å²) in [6.45, 7) is 6.76. The number of benzene rings is 2. The molecule has 7 nitrogen and oxygen atoms in total.